The van der Waals surface area contributed by atoms with E-state index >= 15 is 0 Å². The summed E-state index contributed by atoms with van der Waals surface area (Å²) in [6, 6.07) is 5.88. The molecule has 0 fully saturated rings. The summed E-state index contributed by atoms with van der Waals surface area (Å²) in [5.74, 6) is -1.04. The quantitative estimate of drug-likeness (QED) is 0.395. The van der Waals surface area contributed by atoms with E-state index in [-0.39, 0.29) is 22.6 Å². The number of benzene rings is 1. The third-order valence-corrected chi connectivity index (χ3v) is 4.23. The largest absolute Gasteiger partial charge is 0.501 e. The normalized spacial score (nSPS) is 10.8. The van der Waals surface area contributed by atoms with E-state index in [9.17, 15) is 14.0 Å². The highest BCUT2D eigenvalue weighted by atomic mass is 127. The number of rotatable bonds is 6. The van der Waals surface area contributed by atoms with Gasteiger partial charge in [-0.15, -0.1) is 0 Å². The molecular weight excluding hydrogens is 454 g/mol. The second kappa shape index (κ2) is 8.84. The Labute approximate surface area is 163 Å². The van der Waals surface area contributed by atoms with Crippen LogP contribution in [-0.2, 0) is 16.5 Å². The molecule has 0 saturated carbocycles. The van der Waals surface area contributed by atoms with Crippen molar-refractivity contribution < 1.29 is 18.7 Å². The summed E-state index contributed by atoms with van der Waals surface area (Å²) in [6.07, 6.45) is 2.88. The van der Waals surface area contributed by atoms with Crippen molar-refractivity contribution in [1.29, 1.82) is 0 Å². The first kappa shape index (κ1) is 20.0. The predicted octanol–water partition coefficient (Wildman–Crippen LogP) is 3.67. The van der Waals surface area contributed by atoms with Crippen molar-refractivity contribution in [2.24, 2.45) is 7.05 Å². The third kappa shape index (κ3) is 4.43. The maximum Gasteiger partial charge on any atom is 0.342 e. The molecule has 1 heterocycles. The smallest absolute Gasteiger partial charge is 0.342 e. The van der Waals surface area contributed by atoms with Crippen LogP contribution in [0.25, 0.3) is 6.08 Å². The fourth-order valence-electron chi connectivity index (χ4n) is 2.25. The Hall–Kier alpha value is -2.36. The molecule has 2 aromatic rings. The maximum atomic E-state index is 14.2. The van der Waals surface area contributed by atoms with Crippen molar-refractivity contribution in [2.75, 3.05) is 19.0 Å². The summed E-state index contributed by atoms with van der Waals surface area (Å²) >= 11 is 1.99. The lowest BCUT2D eigenvalue weighted by atomic mass is 10.1. The number of carbonyl (C=O) groups excluding carboxylic acids is 1. The second-order valence-corrected chi connectivity index (χ2v) is 6.47. The second-order valence-electron chi connectivity index (χ2n) is 5.22. The zero-order valence-corrected chi connectivity index (χ0v) is 16.7. The van der Waals surface area contributed by atoms with E-state index < -0.39 is 11.8 Å². The molecule has 0 saturated heterocycles. The molecule has 1 aromatic carbocycles. The van der Waals surface area contributed by atoms with Crippen molar-refractivity contribution in [3.8, 4) is 0 Å². The van der Waals surface area contributed by atoms with Crippen LogP contribution in [0.5, 0.6) is 0 Å². The summed E-state index contributed by atoms with van der Waals surface area (Å²) in [4.78, 5) is 24.6. The van der Waals surface area contributed by atoms with Crippen LogP contribution in [0, 0.1) is 9.39 Å². The zero-order chi connectivity index (χ0) is 19.3. The molecule has 0 bridgehead atoms. The highest BCUT2D eigenvalue weighted by Gasteiger charge is 2.21. The Balaban J connectivity index is 2.65. The Bertz CT molecular complexity index is 909. The molecule has 0 spiro atoms. The first-order chi connectivity index (χ1) is 12.4. The van der Waals surface area contributed by atoms with Crippen LogP contribution in [-0.4, -0.2) is 24.3 Å². The van der Waals surface area contributed by atoms with Crippen LogP contribution in [0.1, 0.15) is 22.8 Å². The fourth-order valence-corrected chi connectivity index (χ4v) is 2.70. The number of nitrogens with one attached hydrogen (secondary N) is 1. The van der Waals surface area contributed by atoms with E-state index in [4.69, 9.17) is 9.47 Å². The lowest BCUT2D eigenvalue weighted by Gasteiger charge is -2.17. The van der Waals surface area contributed by atoms with Gasteiger partial charge in [-0.3, -0.25) is 9.36 Å². The number of methoxy groups -OCH3 is 1. The van der Waals surface area contributed by atoms with Gasteiger partial charge in [-0.25, -0.2) is 9.18 Å². The molecule has 0 unspecified atom stereocenters. The number of halogens is 2. The lowest BCUT2D eigenvalue weighted by molar-refractivity contribution is 0.0601. The third-order valence-electron chi connectivity index (χ3n) is 3.55. The van der Waals surface area contributed by atoms with Gasteiger partial charge in [0.25, 0.3) is 5.56 Å². The monoisotopic (exact) mass is 472 g/mol. The number of ether oxygens (including phenoxy) is 2. The van der Waals surface area contributed by atoms with Gasteiger partial charge in [0.1, 0.15) is 17.2 Å². The van der Waals surface area contributed by atoms with Gasteiger partial charge in [-0.1, -0.05) is 0 Å². The average molecular weight is 472 g/mol. The molecule has 8 heteroatoms. The Morgan fingerprint density at radius 2 is 2.12 bits per heavy atom. The molecule has 0 atom stereocenters. The number of pyridine rings is 1. The van der Waals surface area contributed by atoms with Gasteiger partial charge in [0.2, 0.25) is 0 Å². The molecule has 26 heavy (non-hydrogen) atoms. The summed E-state index contributed by atoms with van der Waals surface area (Å²) in [7, 11) is 2.72. The SMILES string of the molecule is CCOC=Cc1cc(=O)n(C)c(Nc2ccc(I)cc2F)c1C(=O)OC. The Morgan fingerprint density at radius 3 is 2.73 bits per heavy atom. The van der Waals surface area contributed by atoms with Gasteiger partial charge in [-0.2, -0.15) is 0 Å². The van der Waals surface area contributed by atoms with Crippen LogP contribution in [0.15, 0.2) is 35.3 Å². The van der Waals surface area contributed by atoms with E-state index in [1.54, 1.807) is 6.07 Å². The standard InChI is InChI=1S/C18H18FIN2O4/c1-4-26-8-7-11-9-15(23)22(2)17(16(11)18(24)25-3)21-14-6-5-12(20)10-13(14)19/h5-10,21H,4H2,1-3H3. The molecule has 138 valence electrons. The summed E-state index contributed by atoms with van der Waals surface area (Å²) < 4.78 is 26.2. The number of hydrogen-bond acceptors (Lipinski definition) is 5. The number of carbonyl (C=O) groups is 1. The van der Waals surface area contributed by atoms with Crippen molar-refractivity contribution in [2.45, 2.75) is 6.92 Å². The molecule has 0 radical (unpaired) electrons. The van der Waals surface area contributed by atoms with Crippen LogP contribution in [0.2, 0.25) is 0 Å². The molecule has 0 aliphatic carbocycles. The molecule has 0 aliphatic heterocycles. The van der Waals surface area contributed by atoms with Gasteiger partial charge in [-0.05, 0) is 53.8 Å². The topological polar surface area (TPSA) is 69.6 Å². The number of aromatic nitrogens is 1. The molecule has 1 N–H and O–H groups in total. The maximum absolute atomic E-state index is 14.2. The minimum atomic E-state index is -0.662. The number of esters is 1. The fraction of sp³-hybridized carbons (Fsp3) is 0.222. The van der Waals surface area contributed by atoms with E-state index in [0.717, 1.165) is 3.57 Å². The highest BCUT2D eigenvalue weighted by molar-refractivity contribution is 14.1. The van der Waals surface area contributed by atoms with Crippen molar-refractivity contribution in [3.63, 3.8) is 0 Å². The number of nitrogens with zero attached hydrogens (tertiary/aromatic N) is 1. The summed E-state index contributed by atoms with van der Waals surface area (Å²) in [6.45, 7) is 2.25. The molecule has 2 rings (SSSR count). The van der Waals surface area contributed by atoms with Gasteiger partial charge in [0, 0.05) is 22.2 Å². The molecule has 6 nitrogen and oxygen atoms in total. The van der Waals surface area contributed by atoms with Crippen LogP contribution >= 0.6 is 22.6 Å². The number of anilines is 2. The minimum absolute atomic E-state index is 0.100. The van der Waals surface area contributed by atoms with Crippen LogP contribution < -0.4 is 10.9 Å². The predicted molar refractivity (Wildman–Crippen MR) is 106 cm³/mol. The van der Waals surface area contributed by atoms with Gasteiger partial charge in [0.15, 0.2) is 0 Å². The molecule has 0 aliphatic rings. The molecular formula is C18H18FIN2O4. The van der Waals surface area contributed by atoms with Crippen LogP contribution in [0.4, 0.5) is 15.9 Å². The lowest BCUT2D eigenvalue weighted by Crippen LogP contribution is -2.24. The van der Waals surface area contributed by atoms with Gasteiger partial charge < -0.3 is 14.8 Å². The highest BCUT2D eigenvalue weighted by Crippen LogP contribution is 2.26. The van der Waals surface area contributed by atoms with E-state index in [0.29, 0.717) is 12.2 Å². The van der Waals surface area contributed by atoms with Crippen molar-refractivity contribution >= 4 is 46.1 Å². The Morgan fingerprint density at radius 1 is 1.38 bits per heavy atom. The van der Waals surface area contributed by atoms with Crippen molar-refractivity contribution in [1.82, 2.24) is 4.57 Å². The zero-order valence-electron chi connectivity index (χ0n) is 14.5. The van der Waals surface area contributed by atoms with Crippen molar-refractivity contribution in [3.05, 3.63) is 61.4 Å². The van der Waals surface area contributed by atoms with E-state index in [2.05, 4.69) is 5.32 Å². The molecule has 1 aromatic heterocycles. The molecule has 0 amide bonds. The first-order valence-corrected chi connectivity index (χ1v) is 8.79. The first-order valence-electron chi connectivity index (χ1n) is 7.71. The van der Waals surface area contributed by atoms with Gasteiger partial charge >= 0.3 is 5.97 Å². The minimum Gasteiger partial charge on any atom is -0.501 e. The van der Waals surface area contributed by atoms with Gasteiger partial charge in [0.05, 0.1) is 25.7 Å². The number of hydrogen-bond donors (Lipinski definition) is 1. The summed E-state index contributed by atoms with van der Waals surface area (Å²) in [5, 5.41) is 2.83. The average Bonchev–Trinajstić information content (AvgIpc) is 2.61. The Kier molecular flexibility index (Phi) is 6.78. The summed E-state index contributed by atoms with van der Waals surface area (Å²) in [5.41, 5.74) is 0.170. The van der Waals surface area contributed by atoms with Crippen LogP contribution in [0.3, 0.4) is 0 Å². The van der Waals surface area contributed by atoms with E-state index in [1.165, 1.54) is 49.3 Å². The van der Waals surface area contributed by atoms with E-state index in [1.807, 2.05) is 29.5 Å².